The molecule has 0 spiro atoms. The minimum atomic E-state index is -3.09. The van der Waals surface area contributed by atoms with Gasteiger partial charge in [-0.05, 0) is 49.4 Å². The summed E-state index contributed by atoms with van der Waals surface area (Å²) in [5.41, 5.74) is 1.50. The van der Waals surface area contributed by atoms with Gasteiger partial charge in [0.25, 0.3) is 5.91 Å². The Morgan fingerprint density at radius 2 is 1.96 bits per heavy atom. The van der Waals surface area contributed by atoms with Crippen molar-refractivity contribution in [1.29, 1.82) is 0 Å². The molecule has 1 amide bonds. The van der Waals surface area contributed by atoms with E-state index in [0.29, 0.717) is 30.4 Å². The molecule has 144 valence electrons. The van der Waals surface area contributed by atoms with Crippen LogP contribution in [0.1, 0.15) is 53.1 Å². The topological polar surface area (TPSA) is 67.6 Å². The van der Waals surface area contributed by atoms with Crippen LogP contribution in [0, 0.1) is 12.8 Å². The van der Waals surface area contributed by atoms with Crippen molar-refractivity contribution in [3.05, 3.63) is 59.0 Å². The molecule has 1 aromatic carbocycles. The average molecular weight is 388 g/mol. The van der Waals surface area contributed by atoms with Crippen molar-refractivity contribution >= 4 is 15.7 Å². The Labute approximate surface area is 160 Å². The number of aryl methyl sites for hydroxylation is 1. The fraction of sp³-hybridized carbons (Fsp3) is 0.476. The number of nitrogens with zero attached hydrogens (tertiary/aromatic N) is 1. The Kier molecular flexibility index (Phi) is 4.62. The van der Waals surface area contributed by atoms with E-state index in [9.17, 15) is 13.2 Å². The first-order valence-electron chi connectivity index (χ1n) is 9.50. The molecule has 0 radical (unpaired) electrons. The minimum Gasteiger partial charge on any atom is -0.464 e. The maximum Gasteiger partial charge on any atom is 0.254 e. The normalized spacial score (nSPS) is 26.1. The zero-order chi connectivity index (χ0) is 19.2. The van der Waals surface area contributed by atoms with Gasteiger partial charge >= 0.3 is 0 Å². The third-order valence-corrected chi connectivity index (χ3v) is 7.52. The summed E-state index contributed by atoms with van der Waals surface area (Å²) in [7, 11) is -3.09. The standard InChI is InChI=1S/C21H25NO4S/c1-14-5-3-4-6-18(14)21(23)22(16-9-10-27(24,25)13-16)12-17-7-8-20(26-17)19-11-15(19)2/h3-8,15-16,19H,9-13H2,1-2H3. The van der Waals surface area contributed by atoms with Crippen molar-refractivity contribution in [1.82, 2.24) is 4.90 Å². The molecule has 3 atom stereocenters. The van der Waals surface area contributed by atoms with Crippen LogP contribution in [0.4, 0.5) is 0 Å². The van der Waals surface area contributed by atoms with Crippen molar-refractivity contribution in [3.63, 3.8) is 0 Å². The predicted molar refractivity (Wildman–Crippen MR) is 103 cm³/mol. The van der Waals surface area contributed by atoms with Gasteiger partial charge in [0.15, 0.2) is 9.84 Å². The third-order valence-electron chi connectivity index (χ3n) is 5.77. The Hall–Kier alpha value is -2.08. The van der Waals surface area contributed by atoms with Gasteiger partial charge in [0.05, 0.1) is 18.1 Å². The summed E-state index contributed by atoms with van der Waals surface area (Å²) in [6.45, 7) is 4.40. The summed E-state index contributed by atoms with van der Waals surface area (Å²) in [6, 6.07) is 11.0. The molecule has 1 aliphatic carbocycles. The molecule has 0 bridgehead atoms. The van der Waals surface area contributed by atoms with Crippen LogP contribution in [0.15, 0.2) is 40.8 Å². The Balaban J connectivity index is 1.61. The van der Waals surface area contributed by atoms with E-state index in [4.69, 9.17) is 4.42 Å². The second-order valence-electron chi connectivity index (χ2n) is 7.93. The van der Waals surface area contributed by atoms with E-state index in [0.717, 1.165) is 23.5 Å². The second-order valence-corrected chi connectivity index (χ2v) is 10.2. The molecule has 2 aliphatic rings. The lowest BCUT2D eigenvalue weighted by Gasteiger charge is -2.28. The number of carbonyl (C=O) groups excluding carboxylic acids is 1. The second kappa shape index (κ2) is 6.82. The molecule has 1 saturated carbocycles. The molecule has 4 rings (SSSR count). The first-order chi connectivity index (χ1) is 12.8. The molecule has 0 N–H and O–H groups in total. The molecule has 5 nitrogen and oxygen atoms in total. The summed E-state index contributed by atoms with van der Waals surface area (Å²) >= 11 is 0. The van der Waals surface area contributed by atoms with Crippen molar-refractivity contribution in [2.75, 3.05) is 11.5 Å². The lowest BCUT2D eigenvalue weighted by molar-refractivity contribution is 0.0664. The molecule has 2 aromatic rings. The lowest BCUT2D eigenvalue weighted by Crippen LogP contribution is -2.40. The van der Waals surface area contributed by atoms with Crippen LogP contribution in [0.2, 0.25) is 0 Å². The Bertz CT molecular complexity index is 962. The molecular weight excluding hydrogens is 362 g/mol. The van der Waals surface area contributed by atoms with Gasteiger partial charge < -0.3 is 9.32 Å². The highest BCUT2D eigenvalue weighted by atomic mass is 32.2. The molecule has 1 saturated heterocycles. The van der Waals surface area contributed by atoms with Crippen molar-refractivity contribution < 1.29 is 17.6 Å². The van der Waals surface area contributed by atoms with Gasteiger partial charge in [-0.1, -0.05) is 25.1 Å². The molecule has 2 fully saturated rings. The first-order valence-corrected chi connectivity index (χ1v) is 11.3. The van der Waals surface area contributed by atoms with Gasteiger partial charge in [-0.15, -0.1) is 0 Å². The minimum absolute atomic E-state index is 0.0256. The van der Waals surface area contributed by atoms with E-state index in [1.54, 1.807) is 11.0 Å². The highest BCUT2D eigenvalue weighted by Gasteiger charge is 2.38. The average Bonchev–Trinajstić information content (AvgIpc) is 3.02. The number of sulfone groups is 1. The van der Waals surface area contributed by atoms with E-state index in [-0.39, 0.29) is 23.5 Å². The SMILES string of the molecule is Cc1ccccc1C(=O)N(Cc1ccc(C2CC2C)o1)C1CCS(=O)(=O)C1. The molecule has 6 heteroatoms. The van der Waals surface area contributed by atoms with Crippen LogP contribution in [-0.4, -0.2) is 36.8 Å². The van der Waals surface area contributed by atoms with Crippen LogP contribution in [0.5, 0.6) is 0 Å². The summed E-state index contributed by atoms with van der Waals surface area (Å²) in [5.74, 6) is 2.85. The predicted octanol–water partition coefficient (Wildman–Crippen LogP) is 3.54. The third kappa shape index (κ3) is 3.81. The van der Waals surface area contributed by atoms with Crippen LogP contribution < -0.4 is 0 Å². The van der Waals surface area contributed by atoms with Crippen LogP contribution in [0.3, 0.4) is 0 Å². The van der Waals surface area contributed by atoms with Crippen LogP contribution in [-0.2, 0) is 16.4 Å². The quantitative estimate of drug-likeness (QED) is 0.787. The number of hydrogen-bond acceptors (Lipinski definition) is 4. The van der Waals surface area contributed by atoms with E-state index in [1.807, 2.05) is 37.3 Å². The number of rotatable bonds is 5. The summed E-state index contributed by atoms with van der Waals surface area (Å²) < 4.78 is 30.0. The van der Waals surface area contributed by atoms with E-state index in [2.05, 4.69) is 6.92 Å². The zero-order valence-corrected chi connectivity index (χ0v) is 16.5. The van der Waals surface area contributed by atoms with Crippen LogP contribution >= 0.6 is 0 Å². The number of hydrogen-bond donors (Lipinski definition) is 0. The van der Waals surface area contributed by atoms with E-state index >= 15 is 0 Å². The largest absolute Gasteiger partial charge is 0.464 e. The van der Waals surface area contributed by atoms with Gasteiger partial charge in [-0.2, -0.15) is 0 Å². The van der Waals surface area contributed by atoms with Gasteiger partial charge in [-0.25, -0.2) is 8.42 Å². The van der Waals surface area contributed by atoms with Gasteiger partial charge in [0.2, 0.25) is 0 Å². The molecule has 3 unspecified atom stereocenters. The monoisotopic (exact) mass is 387 g/mol. The highest BCUT2D eigenvalue weighted by Crippen LogP contribution is 2.47. The Morgan fingerprint density at radius 3 is 2.59 bits per heavy atom. The van der Waals surface area contributed by atoms with Crippen molar-refractivity contribution in [2.24, 2.45) is 5.92 Å². The molecule has 1 aromatic heterocycles. The highest BCUT2D eigenvalue weighted by molar-refractivity contribution is 7.91. The van der Waals surface area contributed by atoms with E-state index < -0.39 is 9.84 Å². The first kappa shape index (κ1) is 18.3. The van der Waals surface area contributed by atoms with Gasteiger partial charge in [-0.3, -0.25) is 4.79 Å². The summed E-state index contributed by atoms with van der Waals surface area (Å²) in [5, 5.41) is 0. The fourth-order valence-corrected chi connectivity index (χ4v) is 5.65. The van der Waals surface area contributed by atoms with Gasteiger partial charge in [0, 0.05) is 17.5 Å². The lowest BCUT2D eigenvalue weighted by atomic mass is 10.1. The summed E-state index contributed by atoms with van der Waals surface area (Å²) in [4.78, 5) is 14.9. The number of amides is 1. The zero-order valence-electron chi connectivity index (χ0n) is 15.7. The molecule has 27 heavy (non-hydrogen) atoms. The fourth-order valence-electron chi connectivity index (χ4n) is 3.92. The van der Waals surface area contributed by atoms with Crippen LogP contribution in [0.25, 0.3) is 0 Å². The van der Waals surface area contributed by atoms with E-state index in [1.165, 1.54) is 0 Å². The van der Waals surface area contributed by atoms with Crippen molar-refractivity contribution in [2.45, 2.75) is 45.2 Å². The summed E-state index contributed by atoms with van der Waals surface area (Å²) in [6.07, 6.45) is 1.62. The maximum absolute atomic E-state index is 13.3. The smallest absolute Gasteiger partial charge is 0.254 e. The van der Waals surface area contributed by atoms with Gasteiger partial charge in [0.1, 0.15) is 11.5 Å². The molecule has 1 aliphatic heterocycles. The molecule has 2 heterocycles. The number of benzene rings is 1. The number of furan rings is 1. The maximum atomic E-state index is 13.3. The molecular formula is C21H25NO4S. The Morgan fingerprint density at radius 1 is 1.22 bits per heavy atom. The number of carbonyl (C=O) groups is 1. The van der Waals surface area contributed by atoms with Crippen molar-refractivity contribution in [3.8, 4) is 0 Å².